The zero-order valence-electron chi connectivity index (χ0n) is 12.4. The third-order valence-corrected chi connectivity index (χ3v) is 4.29. The van der Waals surface area contributed by atoms with Crippen molar-refractivity contribution in [2.75, 3.05) is 0 Å². The molecule has 2 rings (SSSR count). The smallest absolute Gasteiger partial charge is 0.286 e. The number of carbonyl (C=O) groups excluding carboxylic acids is 2. The van der Waals surface area contributed by atoms with E-state index in [0.29, 0.717) is 0 Å². The second-order valence-electron chi connectivity index (χ2n) is 5.44. The van der Waals surface area contributed by atoms with Gasteiger partial charge in [0.1, 0.15) is 5.75 Å². The molecule has 0 aliphatic carbocycles. The number of imide groups is 1. The van der Waals surface area contributed by atoms with Crippen LogP contribution in [-0.4, -0.2) is 22.5 Å². The molecule has 1 aliphatic rings. The maximum absolute atomic E-state index is 11.4. The molecule has 0 aromatic heterocycles. The molecule has 0 radical (unpaired) electrons. The lowest BCUT2D eigenvalue weighted by Gasteiger charge is -2.10. The summed E-state index contributed by atoms with van der Waals surface area (Å²) in [5, 5.41) is 1.91. The van der Waals surface area contributed by atoms with E-state index >= 15 is 0 Å². The quantitative estimate of drug-likeness (QED) is 0.783. The number of rotatable bonds is 7. The lowest BCUT2D eigenvalue weighted by molar-refractivity contribution is -0.119. The summed E-state index contributed by atoms with van der Waals surface area (Å²) in [6.07, 6.45) is 3.89. The van der Waals surface area contributed by atoms with Crippen LogP contribution in [0, 0.1) is 0 Å². The second-order valence-corrected chi connectivity index (χ2v) is 6.62. The normalized spacial score (nSPS) is 18.1. The summed E-state index contributed by atoms with van der Waals surface area (Å²) in [5.41, 5.74) is 1.27. The summed E-state index contributed by atoms with van der Waals surface area (Å²) < 4.78 is 5.61. The number of thioether (sulfide) groups is 1. The molecule has 1 N–H and O–H groups in total. The van der Waals surface area contributed by atoms with Crippen molar-refractivity contribution in [2.45, 2.75) is 50.9 Å². The van der Waals surface area contributed by atoms with Crippen LogP contribution in [0.15, 0.2) is 24.3 Å². The van der Waals surface area contributed by atoms with Crippen molar-refractivity contribution in [1.82, 2.24) is 5.32 Å². The Bertz CT molecular complexity index is 499. The molecule has 1 aromatic rings. The topological polar surface area (TPSA) is 55.4 Å². The van der Waals surface area contributed by atoms with E-state index in [0.717, 1.165) is 43.2 Å². The first kappa shape index (κ1) is 15.9. The first-order valence-corrected chi connectivity index (χ1v) is 8.19. The average Bonchev–Trinajstić information content (AvgIpc) is 2.74. The van der Waals surface area contributed by atoms with Gasteiger partial charge in [-0.2, -0.15) is 0 Å². The summed E-state index contributed by atoms with van der Waals surface area (Å²) in [6, 6.07) is 8.15. The van der Waals surface area contributed by atoms with Gasteiger partial charge in [-0.15, -0.1) is 0 Å². The third-order valence-electron chi connectivity index (χ3n) is 3.24. The molecule has 114 valence electrons. The van der Waals surface area contributed by atoms with Crippen LogP contribution in [0.25, 0.3) is 0 Å². The molecule has 0 bridgehead atoms. The molecule has 2 amide bonds. The van der Waals surface area contributed by atoms with Crippen molar-refractivity contribution in [3.8, 4) is 5.75 Å². The number of amides is 2. The SMILES string of the molecule is CC(C)Oc1ccc(CCCC[C@@H]2SC(=O)NC2=O)cc1. The van der Waals surface area contributed by atoms with Gasteiger partial charge in [0.05, 0.1) is 11.4 Å². The number of ether oxygens (including phenoxy) is 1. The minimum absolute atomic E-state index is 0.139. The molecular formula is C16H21NO3S. The molecule has 0 spiro atoms. The Labute approximate surface area is 129 Å². The largest absolute Gasteiger partial charge is 0.491 e. The summed E-state index contributed by atoms with van der Waals surface area (Å²) >= 11 is 1.11. The van der Waals surface area contributed by atoms with Crippen molar-refractivity contribution < 1.29 is 14.3 Å². The van der Waals surface area contributed by atoms with E-state index in [4.69, 9.17) is 4.74 Å². The lowest BCUT2D eigenvalue weighted by Crippen LogP contribution is -2.24. The molecule has 21 heavy (non-hydrogen) atoms. The molecule has 1 saturated heterocycles. The molecule has 0 saturated carbocycles. The van der Waals surface area contributed by atoms with Gasteiger partial charge in [-0.3, -0.25) is 14.9 Å². The van der Waals surface area contributed by atoms with Crippen LogP contribution in [0.5, 0.6) is 5.75 Å². The number of benzene rings is 1. The molecule has 1 fully saturated rings. The van der Waals surface area contributed by atoms with Crippen molar-refractivity contribution in [2.24, 2.45) is 0 Å². The van der Waals surface area contributed by atoms with Gasteiger partial charge in [-0.05, 0) is 50.8 Å². The highest BCUT2D eigenvalue weighted by atomic mass is 32.2. The Hall–Kier alpha value is -1.49. The monoisotopic (exact) mass is 307 g/mol. The van der Waals surface area contributed by atoms with Crippen LogP contribution in [0.3, 0.4) is 0 Å². The number of hydrogen-bond acceptors (Lipinski definition) is 4. The maximum Gasteiger partial charge on any atom is 0.286 e. The van der Waals surface area contributed by atoms with Gasteiger partial charge in [0.25, 0.3) is 5.24 Å². The van der Waals surface area contributed by atoms with Crippen molar-refractivity contribution in [1.29, 1.82) is 0 Å². The van der Waals surface area contributed by atoms with E-state index in [9.17, 15) is 9.59 Å². The van der Waals surface area contributed by atoms with Crippen LogP contribution in [0.4, 0.5) is 4.79 Å². The predicted molar refractivity (Wildman–Crippen MR) is 84.7 cm³/mol. The molecule has 4 nitrogen and oxygen atoms in total. The Morgan fingerprint density at radius 1 is 1.19 bits per heavy atom. The zero-order valence-corrected chi connectivity index (χ0v) is 13.2. The summed E-state index contributed by atoms with van der Waals surface area (Å²) in [4.78, 5) is 22.5. The van der Waals surface area contributed by atoms with Gasteiger partial charge in [0.15, 0.2) is 0 Å². The van der Waals surface area contributed by atoms with Gasteiger partial charge in [0, 0.05) is 0 Å². The van der Waals surface area contributed by atoms with Crippen LogP contribution < -0.4 is 10.1 Å². The highest BCUT2D eigenvalue weighted by molar-refractivity contribution is 8.15. The predicted octanol–water partition coefficient (Wildman–Crippen LogP) is 3.54. The Morgan fingerprint density at radius 3 is 2.48 bits per heavy atom. The number of carbonyl (C=O) groups is 2. The highest BCUT2D eigenvalue weighted by Crippen LogP contribution is 2.24. The van der Waals surface area contributed by atoms with Crippen molar-refractivity contribution in [3.63, 3.8) is 0 Å². The van der Waals surface area contributed by atoms with E-state index in [1.54, 1.807) is 0 Å². The summed E-state index contributed by atoms with van der Waals surface area (Å²) in [5.74, 6) is 0.756. The van der Waals surface area contributed by atoms with E-state index in [-0.39, 0.29) is 22.5 Å². The highest BCUT2D eigenvalue weighted by Gasteiger charge is 2.30. The number of unbranched alkanes of at least 4 members (excludes halogenated alkanes) is 1. The zero-order chi connectivity index (χ0) is 15.2. The Kier molecular flexibility index (Phi) is 5.67. The Balaban J connectivity index is 1.69. The number of aryl methyl sites for hydroxylation is 1. The van der Waals surface area contributed by atoms with Gasteiger partial charge in [-0.25, -0.2) is 0 Å². The fourth-order valence-electron chi connectivity index (χ4n) is 2.25. The van der Waals surface area contributed by atoms with Gasteiger partial charge >= 0.3 is 0 Å². The summed E-state index contributed by atoms with van der Waals surface area (Å²) in [7, 11) is 0. The minimum atomic E-state index is -0.217. The summed E-state index contributed by atoms with van der Waals surface area (Å²) in [6.45, 7) is 4.02. The maximum atomic E-state index is 11.4. The fraction of sp³-hybridized carbons (Fsp3) is 0.500. The average molecular weight is 307 g/mol. The second kappa shape index (κ2) is 7.50. The molecule has 0 unspecified atom stereocenters. The van der Waals surface area contributed by atoms with E-state index < -0.39 is 0 Å². The number of nitrogens with one attached hydrogen (secondary N) is 1. The van der Waals surface area contributed by atoms with Gasteiger partial charge in [-0.1, -0.05) is 30.3 Å². The van der Waals surface area contributed by atoms with E-state index in [2.05, 4.69) is 17.4 Å². The number of hydrogen-bond donors (Lipinski definition) is 1. The first-order chi connectivity index (χ1) is 10.0. The Morgan fingerprint density at radius 2 is 1.90 bits per heavy atom. The van der Waals surface area contributed by atoms with E-state index in [1.165, 1.54) is 5.56 Å². The van der Waals surface area contributed by atoms with Crippen LogP contribution in [0.2, 0.25) is 0 Å². The lowest BCUT2D eigenvalue weighted by atomic mass is 10.1. The molecule has 1 atom stereocenters. The molecule has 1 aromatic carbocycles. The molecule has 5 heteroatoms. The fourth-order valence-corrected chi connectivity index (χ4v) is 3.12. The van der Waals surface area contributed by atoms with E-state index in [1.807, 2.05) is 26.0 Å². The van der Waals surface area contributed by atoms with Gasteiger partial charge < -0.3 is 4.74 Å². The molecular weight excluding hydrogens is 286 g/mol. The van der Waals surface area contributed by atoms with Crippen LogP contribution >= 0.6 is 11.8 Å². The first-order valence-electron chi connectivity index (χ1n) is 7.31. The van der Waals surface area contributed by atoms with Crippen molar-refractivity contribution in [3.05, 3.63) is 29.8 Å². The van der Waals surface area contributed by atoms with Crippen LogP contribution in [0.1, 0.15) is 38.7 Å². The van der Waals surface area contributed by atoms with Crippen molar-refractivity contribution >= 4 is 22.9 Å². The van der Waals surface area contributed by atoms with Gasteiger partial charge in [0.2, 0.25) is 5.91 Å². The third kappa shape index (κ3) is 5.08. The standard InChI is InChI=1S/C16H21NO3S/c1-11(2)20-13-9-7-12(8-10-13)5-3-4-6-14-15(18)17-16(19)21-14/h7-11,14H,3-6H2,1-2H3,(H,17,18,19)/t14-/m0/s1. The minimum Gasteiger partial charge on any atom is -0.491 e. The molecule has 1 heterocycles. The molecule has 1 aliphatic heterocycles. The van der Waals surface area contributed by atoms with Crippen LogP contribution in [-0.2, 0) is 11.2 Å².